The number of hydrogen-bond acceptors (Lipinski definition) is 0. The fourth-order valence-electron chi connectivity index (χ4n) is 14.2. The van der Waals surface area contributed by atoms with Gasteiger partial charge in [0.05, 0.1) is 72.7 Å². The Morgan fingerprint density at radius 1 is 0.216 bits per heavy atom. The summed E-state index contributed by atoms with van der Waals surface area (Å²) >= 11 is 0. The predicted molar refractivity (Wildman–Crippen MR) is 360 cm³/mol. The van der Waals surface area contributed by atoms with Gasteiger partial charge >= 0.3 is 21.7 Å². The first-order valence-electron chi connectivity index (χ1n) is 27.5. The van der Waals surface area contributed by atoms with Gasteiger partial charge in [0.2, 0.25) is 0 Å². The molecule has 0 amide bonds. The third-order valence-electron chi connectivity index (χ3n) is 16.9. The van der Waals surface area contributed by atoms with Crippen LogP contribution in [0.3, 0.4) is 0 Å². The minimum absolute atomic E-state index is 0. The molecule has 0 aliphatic rings. The SMILES string of the molecule is Cc1c(C)c([Si](c2c(C)c(C)c([Si](C)(C)C)c([Si](C)(C)C)c2[Si](C)(C)C)(c2c(C)c(C)c([Si](C)(C)C)c([Si](C)(C)C)c2[Si](C)(C)C)c2c(C)c(C)c(C)[c-]2C)c([Si](C)(C)C)c([Si](C)(C)C)c1[Si](C)(C)C.[Cl-].[Cl-].[Cl-].[Ti+4]. The van der Waals surface area contributed by atoms with E-state index in [0.717, 1.165) is 0 Å². The van der Waals surface area contributed by atoms with E-state index >= 15 is 0 Å². The molecule has 0 fully saturated rings. The molecule has 0 radical (unpaired) electrons. The van der Waals surface area contributed by atoms with E-state index in [1.54, 1.807) is 60.8 Å². The Morgan fingerprint density at radius 3 is 0.500 bits per heavy atom. The number of rotatable bonds is 13. The zero-order chi connectivity index (χ0) is 55.3. The van der Waals surface area contributed by atoms with E-state index in [1.807, 2.05) is 62.2 Å². The molecule has 0 heterocycles. The van der Waals surface area contributed by atoms with Gasteiger partial charge in [-0.2, -0.15) is 27.4 Å². The molecule has 4 aromatic carbocycles. The summed E-state index contributed by atoms with van der Waals surface area (Å²) in [5.41, 5.74) is 16.3. The van der Waals surface area contributed by atoms with Gasteiger partial charge in [-0.1, -0.05) is 251 Å². The van der Waals surface area contributed by atoms with E-state index in [4.69, 9.17) is 0 Å². The monoisotopic (exact) mass is 1260 g/mol. The topological polar surface area (TPSA) is 0 Å². The van der Waals surface area contributed by atoms with Crippen LogP contribution in [0.15, 0.2) is 0 Å². The van der Waals surface area contributed by atoms with Gasteiger partial charge in [0, 0.05) is 0 Å². The second-order valence-electron chi connectivity index (χ2n) is 32.1. The first-order chi connectivity index (χ1) is 30.7. The maximum absolute atomic E-state index is 3.45. The van der Waals surface area contributed by atoms with E-state index < -0.39 is 80.7 Å². The molecule has 0 aliphatic carbocycles. The minimum atomic E-state index is -3.45. The third kappa shape index (κ3) is 12.9. The van der Waals surface area contributed by atoms with Gasteiger partial charge in [-0.15, -0.1) is 0 Å². The van der Waals surface area contributed by atoms with Gasteiger partial charge in [0.15, 0.2) is 8.07 Å². The molecular weight excluding hydrogens is 1160 g/mol. The van der Waals surface area contributed by atoms with Crippen LogP contribution in [-0.2, 0) is 21.7 Å². The van der Waals surface area contributed by atoms with E-state index in [0.29, 0.717) is 0 Å². The van der Waals surface area contributed by atoms with Crippen LogP contribution in [0.4, 0.5) is 0 Å². The van der Waals surface area contributed by atoms with Crippen LogP contribution in [0, 0.1) is 69.2 Å². The minimum Gasteiger partial charge on any atom is -1.00 e. The molecule has 0 aliphatic heterocycles. The molecular formula is C60H111Cl3Si10Ti. The number of benzene rings is 3. The van der Waals surface area contributed by atoms with Crippen molar-refractivity contribution in [3.8, 4) is 0 Å². The van der Waals surface area contributed by atoms with Crippen molar-refractivity contribution in [3.05, 3.63) is 55.6 Å². The van der Waals surface area contributed by atoms with Gasteiger partial charge in [-0.05, 0) is 90.5 Å². The Bertz CT molecular complexity index is 2480. The number of hydrogen-bond donors (Lipinski definition) is 0. The van der Waals surface area contributed by atoms with Crippen molar-refractivity contribution in [1.29, 1.82) is 0 Å². The van der Waals surface area contributed by atoms with Crippen molar-refractivity contribution in [2.45, 2.75) is 246 Å². The summed E-state index contributed by atoms with van der Waals surface area (Å²) in [4.78, 5) is 0. The van der Waals surface area contributed by atoms with Gasteiger partial charge in [0.25, 0.3) is 0 Å². The Labute approximate surface area is 503 Å². The first kappa shape index (κ1) is 74.8. The summed E-state index contributed by atoms with van der Waals surface area (Å²) < 4.78 is 0. The summed E-state index contributed by atoms with van der Waals surface area (Å²) in [5, 5.41) is 24.3. The van der Waals surface area contributed by atoms with Crippen LogP contribution < -0.4 is 105 Å². The Hall–Kier alpha value is 0.763. The van der Waals surface area contributed by atoms with E-state index in [1.165, 1.54) is 0 Å². The summed E-state index contributed by atoms with van der Waals surface area (Å²) in [7, 11) is -21.6. The van der Waals surface area contributed by atoms with Gasteiger partial charge in [-0.25, -0.2) is 0 Å². The molecule has 0 N–H and O–H groups in total. The zero-order valence-electron chi connectivity index (χ0n) is 55.1. The molecule has 416 valence electrons. The third-order valence-corrected chi connectivity index (χ3v) is 43.1. The van der Waals surface area contributed by atoms with Crippen molar-refractivity contribution in [1.82, 2.24) is 0 Å². The van der Waals surface area contributed by atoms with E-state index in [2.05, 4.69) is 246 Å². The van der Waals surface area contributed by atoms with Crippen LogP contribution in [0.25, 0.3) is 0 Å². The van der Waals surface area contributed by atoms with Crippen molar-refractivity contribution >= 4 is 148 Å². The van der Waals surface area contributed by atoms with Crippen LogP contribution in [-0.4, -0.2) is 80.7 Å². The van der Waals surface area contributed by atoms with E-state index in [-0.39, 0.29) is 58.9 Å². The summed E-state index contributed by atoms with van der Waals surface area (Å²) in [5.74, 6) is 0. The zero-order valence-corrected chi connectivity index (χ0v) is 69.0. The molecule has 14 heteroatoms. The molecule has 4 rings (SSSR count). The van der Waals surface area contributed by atoms with Gasteiger partial charge in [0.1, 0.15) is 0 Å². The van der Waals surface area contributed by atoms with Gasteiger partial charge < -0.3 is 37.2 Å². The molecule has 0 spiro atoms. The Kier molecular flexibility index (Phi) is 23.4. The molecule has 0 saturated heterocycles. The standard InChI is InChI=1S/C60H111Si10.3ClH.Ti/c1-38-39(2)41(4)48(40(38)3)70(52-45(8)42(5)49(61(11,12)13)55(64(20,21)22)58(52)67(29,30)31,53-46(9)43(6)50(62(14,15)16)56(65(23,24)25)59(53)68(32,33)34)54-47(10)44(7)51(63(17,18)19)57(66(26,27)28)60(54)69(35,36)37;;;;/h1-37H3;3*1H;/q-1;;;;+4/p-3. The van der Waals surface area contributed by atoms with Crippen molar-refractivity contribution < 1.29 is 58.9 Å². The van der Waals surface area contributed by atoms with Crippen LogP contribution in [0.1, 0.15) is 55.6 Å². The fraction of sp³-hybridized carbons (Fsp3) is 0.617. The van der Waals surface area contributed by atoms with Crippen LogP contribution >= 0.6 is 0 Å². The first-order valence-corrected chi connectivity index (χ1v) is 61.0. The smallest absolute Gasteiger partial charge is 1.00 e. The van der Waals surface area contributed by atoms with E-state index in [9.17, 15) is 0 Å². The van der Waals surface area contributed by atoms with Crippen molar-refractivity contribution in [3.63, 3.8) is 0 Å². The second kappa shape index (κ2) is 23.2. The molecule has 74 heavy (non-hydrogen) atoms. The Balaban J connectivity index is 0.0000133. The predicted octanol–water partition coefficient (Wildman–Crippen LogP) is 1.78. The average Bonchev–Trinajstić information content (AvgIpc) is 3.29. The summed E-state index contributed by atoms with van der Waals surface area (Å²) in [6.45, 7) is 100. The fourth-order valence-corrected chi connectivity index (χ4v) is 57.8. The quantitative estimate of drug-likeness (QED) is 0.109. The second-order valence-corrected chi connectivity index (χ2v) is 80.6. The number of halogens is 3. The summed E-state index contributed by atoms with van der Waals surface area (Å²) in [6, 6.07) is 0. The molecule has 0 aromatic heterocycles. The molecule has 0 saturated carbocycles. The van der Waals surface area contributed by atoms with Gasteiger partial charge in [-0.3, -0.25) is 0 Å². The van der Waals surface area contributed by atoms with Crippen LogP contribution in [0.2, 0.25) is 177 Å². The molecule has 0 bridgehead atoms. The molecule has 0 unspecified atom stereocenters. The largest absolute Gasteiger partial charge is 4.00 e. The molecule has 0 nitrogen and oxygen atoms in total. The average molecular weight is 1270 g/mol. The van der Waals surface area contributed by atoms with Crippen molar-refractivity contribution in [2.75, 3.05) is 0 Å². The molecule has 4 aromatic rings. The molecule has 0 atom stereocenters. The normalized spacial score (nSPS) is 13.6. The van der Waals surface area contributed by atoms with Crippen molar-refractivity contribution in [2.24, 2.45) is 0 Å². The Morgan fingerprint density at radius 2 is 0.365 bits per heavy atom. The van der Waals surface area contributed by atoms with Crippen LogP contribution in [0.5, 0.6) is 0 Å². The maximum atomic E-state index is 2.79. The maximum Gasteiger partial charge on any atom is 4.00 e. The summed E-state index contributed by atoms with van der Waals surface area (Å²) in [6.07, 6.45) is 0.